The van der Waals surface area contributed by atoms with E-state index in [0.717, 1.165) is 57.9 Å². The van der Waals surface area contributed by atoms with Crippen LogP contribution in [0.15, 0.2) is 0 Å². The Morgan fingerprint density at radius 2 is 1.25 bits per heavy atom. The summed E-state index contributed by atoms with van der Waals surface area (Å²) in [5.74, 6) is -1.24. The van der Waals surface area contributed by atoms with Gasteiger partial charge in [0.1, 0.15) is 31.5 Å². The van der Waals surface area contributed by atoms with Crippen molar-refractivity contribution in [2.24, 2.45) is 37.9 Å². The fraction of sp³-hybridized carbons (Fsp3) is 0.891. The summed E-state index contributed by atoms with van der Waals surface area (Å²) in [5, 5.41) is 0. The first-order valence-electron chi connectivity index (χ1n) is 21.0. The number of amides is 1. The predicted molar refractivity (Wildman–Crippen MR) is 221 cm³/mol. The smallest absolute Gasteiger partial charge is 0.313 e. The van der Waals surface area contributed by atoms with Crippen LogP contribution in [0, 0.1) is 37.9 Å². The van der Waals surface area contributed by atoms with E-state index < -0.39 is 16.8 Å². The van der Waals surface area contributed by atoms with Gasteiger partial charge < -0.3 is 19.1 Å². The van der Waals surface area contributed by atoms with Crippen molar-refractivity contribution in [1.29, 1.82) is 0 Å². The number of likely N-dealkylation sites (tertiary alicyclic amines) is 1. The second-order valence-corrected chi connectivity index (χ2v) is 22.3. The number of Topliss-reactive ketones (excluding diaryl/α,β-unsaturated/α-hetero) is 1. The van der Waals surface area contributed by atoms with Gasteiger partial charge in [0, 0.05) is 31.3 Å². The summed E-state index contributed by atoms with van der Waals surface area (Å²) < 4.78 is 16.9. The minimum Gasteiger partial charge on any atom is -0.462 e. The van der Waals surface area contributed by atoms with Crippen molar-refractivity contribution < 1.29 is 38.2 Å². The Hall–Kier alpha value is -2.45. The van der Waals surface area contributed by atoms with Crippen molar-refractivity contribution in [2.45, 2.75) is 207 Å². The molecule has 0 aromatic heterocycles. The molecule has 0 aliphatic carbocycles. The molecule has 0 aromatic rings. The van der Waals surface area contributed by atoms with Gasteiger partial charge in [-0.1, -0.05) is 110 Å². The van der Waals surface area contributed by atoms with Gasteiger partial charge in [0.2, 0.25) is 5.91 Å². The van der Waals surface area contributed by atoms with E-state index in [1.165, 1.54) is 13.8 Å². The lowest BCUT2D eigenvalue weighted by molar-refractivity contribution is -0.169. The van der Waals surface area contributed by atoms with Gasteiger partial charge in [-0.3, -0.25) is 24.0 Å². The first kappa shape index (κ1) is 50.6. The summed E-state index contributed by atoms with van der Waals surface area (Å²) >= 11 is 0. The van der Waals surface area contributed by atoms with Crippen molar-refractivity contribution in [3.05, 3.63) is 0 Å². The quantitative estimate of drug-likeness (QED) is 0.0489. The fourth-order valence-electron chi connectivity index (χ4n) is 8.96. The van der Waals surface area contributed by atoms with E-state index in [4.69, 9.17) is 14.2 Å². The van der Waals surface area contributed by atoms with Gasteiger partial charge >= 0.3 is 17.9 Å². The van der Waals surface area contributed by atoms with Crippen LogP contribution in [0.1, 0.15) is 195 Å². The molecule has 0 radical (unpaired) electrons. The average molecular weight is 778 g/mol. The van der Waals surface area contributed by atoms with Gasteiger partial charge in [-0.25, -0.2) is 0 Å². The van der Waals surface area contributed by atoms with Crippen LogP contribution >= 0.6 is 0 Å². The molecule has 1 aliphatic rings. The van der Waals surface area contributed by atoms with Crippen LogP contribution < -0.4 is 0 Å². The van der Waals surface area contributed by atoms with Gasteiger partial charge in [-0.05, 0) is 92.3 Å². The van der Waals surface area contributed by atoms with Gasteiger partial charge in [0.25, 0.3) is 0 Å². The Labute approximate surface area is 336 Å². The highest BCUT2D eigenvalue weighted by atomic mass is 16.6. The number of carbonyl (C=O) groups is 5. The molecule has 3 atom stereocenters. The number of ether oxygens (including phenoxy) is 3. The van der Waals surface area contributed by atoms with E-state index in [-0.39, 0.29) is 76.6 Å². The third-order valence-corrected chi connectivity index (χ3v) is 12.1. The second-order valence-electron chi connectivity index (χ2n) is 22.3. The zero-order valence-corrected chi connectivity index (χ0v) is 38.5. The standard InChI is InChI=1S/C46H83NO8/c1-33(48)28-38(51)53-26-27-54-39(52)46(17,41(6,7)8)32-43(11,12)31-42(9,10)30-36(55-34(2)49)45(15,16)24-21-23-44(13,14)35(29-40(3,4)5)47-25-20-18-19-22-37(47)50/h35-36H,18-32H2,1-17H3. The monoisotopic (exact) mass is 778 g/mol. The SMILES string of the molecule is CC(=O)CC(=O)OCCOC(=O)C(C)(CC(C)(C)CC(C)(C)CC(OC(C)=O)C(C)(C)CCCC(C)(C)C(CC(C)(C)C)N1CCCCCC1=O)C(C)(C)C. The molecule has 0 N–H and O–H groups in total. The zero-order valence-electron chi connectivity index (χ0n) is 38.5. The maximum Gasteiger partial charge on any atom is 0.313 e. The third-order valence-electron chi connectivity index (χ3n) is 12.1. The average Bonchev–Trinajstić information content (AvgIpc) is 3.18. The van der Waals surface area contributed by atoms with E-state index >= 15 is 0 Å². The highest BCUT2D eigenvalue weighted by Gasteiger charge is 2.50. The summed E-state index contributed by atoms with van der Waals surface area (Å²) in [7, 11) is 0. The zero-order chi connectivity index (χ0) is 42.8. The molecule has 0 saturated carbocycles. The van der Waals surface area contributed by atoms with E-state index in [1.54, 1.807) is 0 Å². The number of hydrogen-bond acceptors (Lipinski definition) is 8. The maximum atomic E-state index is 13.7. The largest absolute Gasteiger partial charge is 0.462 e. The van der Waals surface area contributed by atoms with E-state index in [9.17, 15) is 24.0 Å². The molecule has 3 unspecified atom stereocenters. The molecule has 55 heavy (non-hydrogen) atoms. The molecule has 0 spiro atoms. The molecule has 1 aliphatic heterocycles. The summed E-state index contributed by atoms with van der Waals surface area (Å²) in [4.78, 5) is 64.8. The summed E-state index contributed by atoms with van der Waals surface area (Å²) in [5.41, 5.74) is -2.09. The minimum absolute atomic E-state index is 0.0790. The molecule has 1 rings (SSSR count). The molecule has 1 heterocycles. The lowest BCUT2D eigenvalue weighted by atomic mass is 9.58. The van der Waals surface area contributed by atoms with Crippen molar-refractivity contribution in [3.8, 4) is 0 Å². The molecular weight excluding hydrogens is 695 g/mol. The predicted octanol–water partition coefficient (Wildman–Crippen LogP) is 10.7. The van der Waals surface area contributed by atoms with E-state index in [1.807, 2.05) is 27.7 Å². The summed E-state index contributed by atoms with van der Waals surface area (Å²) in [6.45, 7) is 36.3. The summed E-state index contributed by atoms with van der Waals surface area (Å²) in [6, 6.07) is 0.165. The Bertz CT molecular complexity index is 1300. The van der Waals surface area contributed by atoms with Crippen LogP contribution in [0.25, 0.3) is 0 Å². The molecule has 1 amide bonds. The normalized spacial score (nSPS) is 17.5. The molecule has 9 nitrogen and oxygen atoms in total. The number of ketones is 1. The first-order valence-corrected chi connectivity index (χ1v) is 21.0. The van der Waals surface area contributed by atoms with Gasteiger partial charge in [-0.2, -0.15) is 0 Å². The molecule has 9 heteroatoms. The maximum absolute atomic E-state index is 13.7. The lowest BCUT2D eigenvalue weighted by Crippen LogP contribution is -2.50. The van der Waals surface area contributed by atoms with Crippen LogP contribution in [0.2, 0.25) is 0 Å². The molecular formula is C46H83NO8. The van der Waals surface area contributed by atoms with Crippen LogP contribution in [0.3, 0.4) is 0 Å². The third kappa shape index (κ3) is 17.3. The van der Waals surface area contributed by atoms with Gasteiger partial charge in [-0.15, -0.1) is 0 Å². The van der Waals surface area contributed by atoms with Crippen molar-refractivity contribution in [2.75, 3.05) is 19.8 Å². The number of hydrogen-bond donors (Lipinski definition) is 0. The topological polar surface area (TPSA) is 116 Å². The molecule has 320 valence electrons. The van der Waals surface area contributed by atoms with Crippen LogP contribution in [-0.2, 0) is 38.2 Å². The Morgan fingerprint density at radius 1 is 0.691 bits per heavy atom. The first-order chi connectivity index (χ1) is 24.7. The number of esters is 3. The van der Waals surface area contributed by atoms with Gasteiger partial charge in [0.05, 0.1) is 5.41 Å². The Balaban J connectivity index is 3.14. The van der Waals surface area contributed by atoms with Crippen LogP contribution in [0.4, 0.5) is 0 Å². The molecule has 0 aromatic carbocycles. The fourth-order valence-corrected chi connectivity index (χ4v) is 8.96. The minimum atomic E-state index is -0.847. The number of carbonyl (C=O) groups excluding carboxylic acids is 5. The lowest BCUT2D eigenvalue weighted by Gasteiger charge is -2.47. The van der Waals surface area contributed by atoms with E-state index in [2.05, 4.69) is 81.1 Å². The van der Waals surface area contributed by atoms with Gasteiger partial charge in [0.15, 0.2) is 0 Å². The Kier molecular flexibility index (Phi) is 18.2. The Morgan fingerprint density at radius 3 is 1.78 bits per heavy atom. The second kappa shape index (κ2) is 19.8. The van der Waals surface area contributed by atoms with Crippen molar-refractivity contribution >= 4 is 29.6 Å². The van der Waals surface area contributed by atoms with Crippen molar-refractivity contribution in [3.63, 3.8) is 0 Å². The number of nitrogens with zero attached hydrogens (tertiary/aromatic N) is 1. The van der Waals surface area contributed by atoms with E-state index in [0.29, 0.717) is 25.2 Å². The highest BCUT2D eigenvalue weighted by molar-refractivity contribution is 5.94. The highest BCUT2D eigenvalue weighted by Crippen LogP contribution is 2.52. The summed E-state index contributed by atoms with van der Waals surface area (Å²) in [6.07, 6.45) is 8.94. The molecule has 0 bridgehead atoms. The van der Waals surface area contributed by atoms with Crippen LogP contribution in [-0.4, -0.2) is 66.4 Å². The molecule has 1 fully saturated rings. The van der Waals surface area contributed by atoms with Crippen molar-refractivity contribution in [1.82, 2.24) is 4.90 Å². The number of rotatable bonds is 21. The molecule has 1 saturated heterocycles. The van der Waals surface area contributed by atoms with Crippen LogP contribution in [0.5, 0.6) is 0 Å².